The molecule has 0 aliphatic carbocycles. The number of rotatable bonds is 4. The highest BCUT2D eigenvalue weighted by atomic mass is 16.3. The predicted molar refractivity (Wildman–Crippen MR) is 58.2 cm³/mol. The van der Waals surface area contributed by atoms with Gasteiger partial charge in [-0.3, -0.25) is 4.79 Å². The van der Waals surface area contributed by atoms with Crippen molar-refractivity contribution in [3.63, 3.8) is 0 Å². The molecule has 0 unspecified atom stereocenters. The van der Waals surface area contributed by atoms with Gasteiger partial charge in [0, 0.05) is 6.42 Å². The Morgan fingerprint density at radius 1 is 1.33 bits per heavy atom. The van der Waals surface area contributed by atoms with E-state index >= 15 is 0 Å². The van der Waals surface area contributed by atoms with E-state index in [2.05, 4.69) is 0 Å². The maximum absolute atomic E-state index is 11.7. The van der Waals surface area contributed by atoms with Gasteiger partial charge < -0.3 is 10.2 Å². The number of Topliss-reactive ketones (excluding diaryl/α,β-unsaturated/α-hetero) is 1. The van der Waals surface area contributed by atoms with Crippen LogP contribution in [0, 0.1) is 5.92 Å². The van der Waals surface area contributed by atoms with E-state index < -0.39 is 0 Å². The molecular formula is C12H16O3. The van der Waals surface area contributed by atoms with Crippen LogP contribution in [0.25, 0.3) is 0 Å². The number of hydrogen-bond acceptors (Lipinski definition) is 3. The number of hydrogen-bond donors (Lipinski definition) is 2. The van der Waals surface area contributed by atoms with Gasteiger partial charge in [0.1, 0.15) is 0 Å². The molecule has 0 aliphatic heterocycles. The number of carbonyl (C=O) groups excluding carboxylic acids is 1. The second-order valence-corrected chi connectivity index (χ2v) is 4.03. The van der Waals surface area contributed by atoms with E-state index in [1.54, 1.807) is 6.07 Å². The Morgan fingerprint density at radius 3 is 2.60 bits per heavy atom. The van der Waals surface area contributed by atoms with E-state index in [1.807, 2.05) is 13.8 Å². The fourth-order valence-electron chi connectivity index (χ4n) is 1.31. The van der Waals surface area contributed by atoms with Gasteiger partial charge in [-0.2, -0.15) is 0 Å². The lowest BCUT2D eigenvalue weighted by Gasteiger charge is -2.06. The van der Waals surface area contributed by atoms with Crippen LogP contribution in [-0.4, -0.2) is 16.0 Å². The summed E-state index contributed by atoms with van der Waals surface area (Å²) in [4.78, 5) is 11.7. The van der Waals surface area contributed by atoms with E-state index in [4.69, 9.17) is 0 Å². The van der Waals surface area contributed by atoms with Crippen LogP contribution in [0.2, 0.25) is 0 Å². The van der Waals surface area contributed by atoms with Gasteiger partial charge >= 0.3 is 0 Å². The Labute approximate surface area is 89.4 Å². The number of carbonyl (C=O) groups is 1. The van der Waals surface area contributed by atoms with Gasteiger partial charge in [0.2, 0.25) is 0 Å². The van der Waals surface area contributed by atoms with Crippen molar-refractivity contribution in [3.05, 3.63) is 23.8 Å². The summed E-state index contributed by atoms with van der Waals surface area (Å²) in [7, 11) is 0. The first kappa shape index (κ1) is 11.6. The minimum absolute atomic E-state index is 0.128. The molecule has 0 saturated heterocycles. The van der Waals surface area contributed by atoms with E-state index in [9.17, 15) is 15.0 Å². The molecule has 0 heterocycles. The molecule has 0 radical (unpaired) electrons. The summed E-state index contributed by atoms with van der Waals surface area (Å²) in [6, 6.07) is 4.43. The Morgan fingerprint density at radius 2 is 2.00 bits per heavy atom. The summed E-state index contributed by atoms with van der Waals surface area (Å²) in [6.07, 6.45) is 1.18. The van der Waals surface area contributed by atoms with Crippen LogP contribution in [0.4, 0.5) is 0 Å². The standard InChI is InChI=1S/C12H16O3/c1-8(2)6-7-10(13)9-4-3-5-11(14)12(9)15/h3-5,8,14-15H,6-7H2,1-2H3. The van der Waals surface area contributed by atoms with Gasteiger partial charge in [-0.05, 0) is 24.5 Å². The van der Waals surface area contributed by atoms with Crippen LogP contribution in [-0.2, 0) is 0 Å². The molecule has 0 saturated carbocycles. The third-order valence-corrected chi connectivity index (χ3v) is 2.26. The number of para-hydroxylation sites is 1. The van der Waals surface area contributed by atoms with Crippen molar-refractivity contribution in [1.82, 2.24) is 0 Å². The maximum Gasteiger partial charge on any atom is 0.168 e. The SMILES string of the molecule is CC(C)CCC(=O)c1cccc(O)c1O. The number of aromatic hydroxyl groups is 2. The summed E-state index contributed by atoms with van der Waals surface area (Å²) in [5.74, 6) is -0.234. The number of phenols is 2. The quantitative estimate of drug-likeness (QED) is 0.590. The smallest absolute Gasteiger partial charge is 0.168 e. The molecule has 0 fully saturated rings. The third-order valence-electron chi connectivity index (χ3n) is 2.26. The highest BCUT2D eigenvalue weighted by Gasteiger charge is 2.13. The third kappa shape index (κ3) is 2.98. The molecule has 3 nitrogen and oxygen atoms in total. The highest BCUT2D eigenvalue weighted by Crippen LogP contribution is 2.29. The van der Waals surface area contributed by atoms with Gasteiger partial charge in [-0.1, -0.05) is 19.9 Å². The molecular weight excluding hydrogens is 192 g/mol. The molecule has 0 amide bonds. The van der Waals surface area contributed by atoms with Crippen molar-refractivity contribution in [2.45, 2.75) is 26.7 Å². The van der Waals surface area contributed by atoms with Crippen LogP contribution in [0.5, 0.6) is 11.5 Å². The molecule has 0 spiro atoms. The van der Waals surface area contributed by atoms with Crippen molar-refractivity contribution < 1.29 is 15.0 Å². The average molecular weight is 208 g/mol. The average Bonchev–Trinajstić information content (AvgIpc) is 2.18. The van der Waals surface area contributed by atoms with E-state index in [0.717, 1.165) is 6.42 Å². The van der Waals surface area contributed by atoms with Gasteiger partial charge in [0.15, 0.2) is 17.3 Å². The minimum atomic E-state index is -0.314. The lowest BCUT2D eigenvalue weighted by Crippen LogP contribution is -2.01. The number of ketones is 1. The van der Waals surface area contributed by atoms with Crippen LogP contribution < -0.4 is 0 Å². The van der Waals surface area contributed by atoms with Crippen LogP contribution in [0.15, 0.2) is 18.2 Å². The lowest BCUT2D eigenvalue weighted by atomic mass is 10.0. The molecule has 1 aromatic carbocycles. The Balaban J connectivity index is 2.78. The minimum Gasteiger partial charge on any atom is -0.504 e. The second-order valence-electron chi connectivity index (χ2n) is 4.03. The fraction of sp³-hybridized carbons (Fsp3) is 0.417. The molecule has 1 aromatic rings. The Kier molecular flexibility index (Phi) is 3.72. The van der Waals surface area contributed by atoms with Crippen molar-refractivity contribution in [2.24, 2.45) is 5.92 Å². The first-order valence-electron chi connectivity index (χ1n) is 5.06. The van der Waals surface area contributed by atoms with Crippen LogP contribution >= 0.6 is 0 Å². The summed E-state index contributed by atoms with van der Waals surface area (Å²) < 4.78 is 0. The normalized spacial score (nSPS) is 10.6. The van der Waals surface area contributed by atoms with Gasteiger partial charge in [-0.15, -0.1) is 0 Å². The first-order valence-corrected chi connectivity index (χ1v) is 5.06. The van der Waals surface area contributed by atoms with E-state index in [0.29, 0.717) is 12.3 Å². The van der Waals surface area contributed by atoms with Gasteiger partial charge in [0.25, 0.3) is 0 Å². The molecule has 15 heavy (non-hydrogen) atoms. The lowest BCUT2D eigenvalue weighted by molar-refractivity contribution is 0.0972. The van der Waals surface area contributed by atoms with E-state index in [-0.39, 0.29) is 22.8 Å². The Bertz CT molecular complexity index is 356. The molecule has 3 heteroatoms. The molecule has 0 bridgehead atoms. The van der Waals surface area contributed by atoms with E-state index in [1.165, 1.54) is 12.1 Å². The molecule has 1 rings (SSSR count). The van der Waals surface area contributed by atoms with Crippen LogP contribution in [0.3, 0.4) is 0 Å². The zero-order valence-electron chi connectivity index (χ0n) is 9.03. The Hall–Kier alpha value is -1.51. The summed E-state index contributed by atoms with van der Waals surface area (Å²) >= 11 is 0. The highest BCUT2D eigenvalue weighted by molar-refractivity contribution is 5.99. The summed E-state index contributed by atoms with van der Waals surface area (Å²) in [6.45, 7) is 4.07. The zero-order valence-corrected chi connectivity index (χ0v) is 9.03. The second kappa shape index (κ2) is 4.82. The summed E-state index contributed by atoms with van der Waals surface area (Å²) in [5.41, 5.74) is 0.204. The largest absolute Gasteiger partial charge is 0.504 e. The van der Waals surface area contributed by atoms with Gasteiger partial charge in [0.05, 0.1) is 5.56 Å². The maximum atomic E-state index is 11.7. The first-order chi connectivity index (χ1) is 7.02. The summed E-state index contributed by atoms with van der Waals surface area (Å²) in [5, 5.41) is 18.7. The van der Waals surface area contributed by atoms with Crippen molar-refractivity contribution >= 4 is 5.78 Å². The van der Waals surface area contributed by atoms with Crippen molar-refractivity contribution in [2.75, 3.05) is 0 Å². The monoisotopic (exact) mass is 208 g/mol. The van der Waals surface area contributed by atoms with Crippen molar-refractivity contribution in [3.8, 4) is 11.5 Å². The molecule has 2 N–H and O–H groups in total. The molecule has 0 aromatic heterocycles. The molecule has 0 aliphatic rings. The van der Waals surface area contributed by atoms with Crippen molar-refractivity contribution in [1.29, 1.82) is 0 Å². The zero-order chi connectivity index (χ0) is 11.4. The predicted octanol–water partition coefficient (Wildman–Crippen LogP) is 2.72. The molecule has 0 atom stereocenters. The number of phenolic OH excluding ortho intramolecular Hbond substituents is 2. The number of benzene rings is 1. The van der Waals surface area contributed by atoms with Gasteiger partial charge in [-0.25, -0.2) is 0 Å². The topological polar surface area (TPSA) is 57.5 Å². The van der Waals surface area contributed by atoms with Crippen LogP contribution in [0.1, 0.15) is 37.0 Å². The molecule has 82 valence electrons. The fourth-order valence-corrected chi connectivity index (χ4v) is 1.31.